The van der Waals surface area contributed by atoms with E-state index in [1.165, 1.54) is 88.2 Å². The van der Waals surface area contributed by atoms with Crippen LogP contribution in [0.1, 0.15) is 22.3 Å². The van der Waals surface area contributed by atoms with E-state index in [0.29, 0.717) is 0 Å². The predicted octanol–water partition coefficient (Wildman–Crippen LogP) is 15.4. The second-order valence-corrected chi connectivity index (χ2v) is 16.4. The van der Waals surface area contributed by atoms with Gasteiger partial charge < -0.3 is 9.47 Å². The highest BCUT2D eigenvalue weighted by Crippen LogP contribution is 2.63. The molecule has 13 rings (SSSR count). The molecule has 284 valence electrons. The zero-order valence-electron chi connectivity index (χ0n) is 33.3. The summed E-state index contributed by atoms with van der Waals surface area (Å²) >= 11 is 0. The predicted molar refractivity (Wildman–Crippen MR) is 255 cm³/mol. The van der Waals surface area contributed by atoms with Crippen LogP contribution in [0.25, 0.3) is 71.6 Å². The third-order valence-corrected chi connectivity index (χ3v) is 13.4. The van der Waals surface area contributed by atoms with Gasteiger partial charge in [0.05, 0.1) is 16.4 Å². The van der Waals surface area contributed by atoms with Crippen LogP contribution >= 0.6 is 0 Å². The Bertz CT molecular complexity index is 3530. The van der Waals surface area contributed by atoms with E-state index in [2.05, 4.69) is 240 Å². The van der Waals surface area contributed by atoms with E-state index in [1.807, 2.05) is 0 Å². The molecule has 1 spiro atoms. The van der Waals surface area contributed by atoms with Gasteiger partial charge in [-0.05, 0) is 121 Å². The molecule has 2 aliphatic carbocycles. The van der Waals surface area contributed by atoms with Crippen LogP contribution < -0.4 is 4.90 Å². The minimum atomic E-state index is -0.549. The Morgan fingerprint density at radius 3 is 1.64 bits per heavy atom. The normalized spacial score (nSPS) is 14.6. The highest BCUT2D eigenvalue weighted by Gasteiger charge is 2.50. The molecular weight excluding hydrogens is 737 g/mol. The van der Waals surface area contributed by atoms with Crippen molar-refractivity contribution in [2.75, 3.05) is 4.90 Å². The van der Waals surface area contributed by atoms with Gasteiger partial charge in [0.15, 0.2) is 0 Å². The molecule has 0 amide bonds. The fourth-order valence-corrected chi connectivity index (χ4v) is 11.0. The number of hydrogen-bond acceptors (Lipinski definition) is 1. The molecule has 1 atom stereocenters. The Labute approximate surface area is 354 Å². The second kappa shape index (κ2) is 13.0. The zero-order chi connectivity index (χ0) is 40.1. The van der Waals surface area contributed by atoms with Crippen LogP contribution in [0.15, 0.2) is 231 Å². The molecule has 2 heteroatoms. The Morgan fingerprint density at radius 1 is 0.311 bits per heavy atom. The van der Waals surface area contributed by atoms with Crippen LogP contribution in [0.5, 0.6) is 0 Å². The number of hydrogen-bond donors (Lipinski definition) is 0. The van der Waals surface area contributed by atoms with Crippen molar-refractivity contribution >= 4 is 49.6 Å². The molecule has 1 heterocycles. The number of para-hydroxylation sites is 3. The summed E-state index contributed by atoms with van der Waals surface area (Å²) < 4.78 is 2.41. The summed E-state index contributed by atoms with van der Waals surface area (Å²) in [5.74, 6) is 0. The topological polar surface area (TPSA) is 8.17 Å². The third kappa shape index (κ3) is 4.73. The van der Waals surface area contributed by atoms with Crippen molar-refractivity contribution in [2.45, 2.75) is 5.41 Å². The Balaban J connectivity index is 1.10. The van der Waals surface area contributed by atoms with Gasteiger partial charge in [-0.15, -0.1) is 0 Å². The van der Waals surface area contributed by atoms with Crippen molar-refractivity contribution < 1.29 is 0 Å². The Morgan fingerprint density at radius 2 is 0.852 bits per heavy atom. The van der Waals surface area contributed by atoms with Crippen molar-refractivity contribution in [3.05, 3.63) is 253 Å². The molecule has 1 aromatic heterocycles. The van der Waals surface area contributed by atoms with Crippen molar-refractivity contribution in [3.8, 4) is 39.1 Å². The molecule has 2 aliphatic rings. The van der Waals surface area contributed by atoms with Gasteiger partial charge in [0, 0.05) is 33.5 Å². The van der Waals surface area contributed by atoms with E-state index < -0.39 is 5.41 Å². The molecule has 0 saturated carbocycles. The van der Waals surface area contributed by atoms with Crippen LogP contribution in [0.4, 0.5) is 17.1 Å². The summed E-state index contributed by atoms with van der Waals surface area (Å²) in [5.41, 5.74) is 19.2. The molecule has 2 nitrogen and oxygen atoms in total. The molecule has 0 bridgehead atoms. The number of nitrogens with zero attached hydrogens (tertiary/aromatic N) is 2. The molecule has 1 unspecified atom stereocenters. The van der Waals surface area contributed by atoms with Crippen LogP contribution in [0, 0.1) is 0 Å². The quantitative estimate of drug-likeness (QED) is 0.169. The molecule has 0 fully saturated rings. The molecular formula is C59H38N2. The van der Waals surface area contributed by atoms with Gasteiger partial charge >= 0.3 is 0 Å². The smallest absolute Gasteiger partial charge is 0.0726 e. The van der Waals surface area contributed by atoms with Crippen LogP contribution in [0.2, 0.25) is 0 Å². The molecule has 10 aromatic carbocycles. The van der Waals surface area contributed by atoms with Gasteiger partial charge in [-0.3, -0.25) is 0 Å². The van der Waals surface area contributed by atoms with Crippen molar-refractivity contribution in [2.24, 2.45) is 0 Å². The summed E-state index contributed by atoms with van der Waals surface area (Å²) in [6, 6.07) is 85.4. The lowest BCUT2D eigenvalue weighted by Crippen LogP contribution is -2.32. The summed E-state index contributed by atoms with van der Waals surface area (Å²) in [7, 11) is 0. The average Bonchev–Trinajstić information content (AvgIpc) is 3.81. The van der Waals surface area contributed by atoms with Gasteiger partial charge in [-0.1, -0.05) is 176 Å². The SMILES string of the molecule is c1ccc(-c2ccc3c4c(cccc24)C2(c4ccccc4-c4ccc(N(c5ccccc5)c5ccc6c7ccccc7n(-c7ccccc7)c6c5)cc42)c2ccccc2-3)cc1. The van der Waals surface area contributed by atoms with E-state index in [4.69, 9.17) is 0 Å². The third-order valence-electron chi connectivity index (χ3n) is 13.4. The highest BCUT2D eigenvalue weighted by atomic mass is 15.1. The monoisotopic (exact) mass is 774 g/mol. The first-order valence-corrected chi connectivity index (χ1v) is 21.2. The average molecular weight is 775 g/mol. The standard InChI is InChI=1S/C59H38N2/c1-4-17-39(18-5-1)44-35-36-51-46-24-11-14-28-53(46)59(54-29-16-26-50(44)58(51)54)52-27-13-10-23-45(52)47-33-31-42(37-55(47)59)60(40-19-6-2-7-20-40)43-32-34-49-48-25-12-15-30-56(48)61(57(49)38-43)41-21-8-3-9-22-41/h1-38H. The van der Waals surface area contributed by atoms with Gasteiger partial charge in [0.25, 0.3) is 0 Å². The number of fused-ring (bicyclic) bond motifs is 12. The number of anilines is 3. The number of aromatic nitrogens is 1. The molecule has 0 saturated heterocycles. The summed E-state index contributed by atoms with van der Waals surface area (Å²) in [6.45, 7) is 0. The van der Waals surface area contributed by atoms with E-state index in [0.717, 1.165) is 22.7 Å². The lowest BCUT2D eigenvalue weighted by atomic mass is 9.61. The highest BCUT2D eigenvalue weighted by molar-refractivity contribution is 6.13. The van der Waals surface area contributed by atoms with Crippen LogP contribution in [-0.4, -0.2) is 4.57 Å². The van der Waals surface area contributed by atoms with Gasteiger partial charge in [-0.2, -0.15) is 0 Å². The maximum absolute atomic E-state index is 2.50. The van der Waals surface area contributed by atoms with E-state index in [1.54, 1.807) is 0 Å². The van der Waals surface area contributed by atoms with Crippen LogP contribution in [0.3, 0.4) is 0 Å². The first-order valence-electron chi connectivity index (χ1n) is 21.2. The molecule has 11 aromatic rings. The fraction of sp³-hybridized carbons (Fsp3) is 0.0169. The minimum absolute atomic E-state index is 0.549. The Hall–Kier alpha value is -7.94. The Kier molecular flexibility index (Phi) is 7.26. The second-order valence-electron chi connectivity index (χ2n) is 16.4. The van der Waals surface area contributed by atoms with Gasteiger partial charge in [0.1, 0.15) is 0 Å². The summed E-state index contributed by atoms with van der Waals surface area (Å²) in [4.78, 5) is 2.44. The zero-order valence-corrected chi connectivity index (χ0v) is 33.3. The largest absolute Gasteiger partial charge is 0.310 e. The van der Waals surface area contributed by atoms with Crippen LogP contribution in [-0.2, 0) is 5.41 Å². The van der Waals surface area contributed by atoms with E-state index in [-0.39, 0.29) is 0 Å². The summed E-state index contributed by atoms with van der Waals surface area (Å²) in [6.07, 6.45) is 0. The summed E-state index contributed by atoms with van der Waals surface area (Å²) in [5, 5.41) is 5.09. The minimum Gasteiger partial charge on any atom is -0.310 e. The lowest BCUT2D eigenvalue weighted by Gasteiger charge is -2.40. The van der Waals surface area contributed by atoms with E-state index >= 15 is 0 Å². The maximum Gasteiger partial charge on any atom is 0.0726 e. The first kappa shape index (κ1) is 34.0. The van der Waals surface area contributed by atoms with E-state index in [9.17, 15) is 0 Å². The maximum atomic E-state index is 2.50. The van der Waals surface area contributed by atoms with Crippen molar-refractivity contribution in [3.63, 3.8) is 0 Å². The molecule has 0 N–H and O–H groups in total. The molecule has 61 heavy (non-hydrogen) atoms. The molecule has 0 aliphatic heterocycles. The number of rotatable bonds is 5. The van der Waals surface area contributed by atoms with Crippen molar-refractivity contribution in [1.82, 2.24) is 4.57 Å². The van der Waals surface area contributed by atoms with Crippen molar-refractivity contribution in [1.29, 1.82) is 0 Å². The van der Waals surface area contributed by atoms with Gasteiger partial charge in [-0.25, -0.2) is 0 Å². The van der Waals surface area contributed by atoms with Gasteiger partial charge in [0.2, 0.25) is 0 Å². The lowest BCUT2D eigenvalue weighted by molar-refractivity contribution is 0.773. The molecule has 0 radical (unpaired) electrons. The number of benzene rings is 10. The first-order chi connectivity index (χ1) is 30.3. The fourth-order valence-electron chi connectivity index (χ4n) is 11.0.